The van der Waals surface area contributed by atoms with Crippen molar-refractivity contribution in [2.24, 2.45) is 0 Å². The first-order valence-corrected chi connectivity index (χ1v) is 7.21. The van der Waals surface area contributed by atoms with E-state index in [0.717, 1.165) is 28.0 Å². The van der Waals surface area contributed by atoms with E-state index < -0.39 is 0 Å². The molecule has 6 nitrogen and oxygen atoms in total. The molecule has 0 aliphatic heterocycles. The Hall–Kier alpha value is -2.63. The van der Waals surface area contributed by atoms with Crippen molar-refractivity contribution in [3.8, 4) is 11.5 Å². The number of aromatic nitrogens is 4. The van der Waals surface area contributed by atoms with Crippen LogP contribution in [0.4, 0.5) is 5.82 Å². The third kappa shape index (κ3) is 2.47. The second-order valence-electron chi connectivity index (χ2n) is 5.68. The van der Waals surface area contributed by atoms with Gasteiger partial charge < -0.3 is 15.5 Å². The zero-order valence-corrected chi connectivity index (χ0v) is 13.1. The molecule has 0 bridgehead atoms. The summed E-state index contributed by atoms with van der Waals surface area (Å²) in [5, 5.41) is 0.934. The molecule has 0 saturated heterocycles. The van der Waals surface area contributed by atoms with E-state index in [0.29, 0.717) is 17.4 Å². The number of nitrogens with one attached hydrogen (secondary N) is 1. The molecule has 0 radical (unpaired) electrons. The van der Waals surface area contributed by atoms with Crippen LogP contribution in [-0.2, 0) is 0 Å². The fraction of sp³-hybridized carbons (Fsp3) is 0.312. The number of hydrogen-bond donors (Lipinski definition) is 2. The highest BCUT2D eigenvalue weighted by atomic mass is 16.5. The molecule has 0 spiro atoms. The van der Waals surface area contributed by atoms with Crippen LogP contribution < -0.4 is 10.5 Å². The van der Waals surface area contributed by atoms with Crippen LogP contribution >= 0.6 is 0 Å². The van der Waals surface area contributed by atoms with Gasteiger partial charge in [0.2, 0.25) is 0 Å². The van der Waals surface area contributed by atoms with E-state index in [9.17, 15) is 0 Å². The molecule has 0 aromatic carbocycles. The van der Waals surface area contributed by atoms with Crippen LogP contribution in [0.1, 0.15) is 36.8 Å². The van der Waals surface area contributed by atoms with Crippen molar-refractivity contribution in [2.75, 3.05) is 5.73 Å². The number of anilines is 1. The molecule has 0 aliphatic carbocycles. The molecule has 6 heteroatoms. The summed E-state index contributed by atoms with van der Waals surface area (Å²) in [6.45, 7) is 7.98. The molecule has 3 aromatic heterocycles. The summed E-state index contributed by atoms with van der Waals surface area (Å²) < 4.78 is 6.07. The highest BCUT2D eigenvalue weighted by molar-refractivity contribution is 5.85. The third-order valence-corrected chi connectivity index (χ3v) is 3.51. The molecule has 0 aliphatic rings. The maximum absolute atomic E-state index is 6.07. The minimum Gasteiger partial charge on any atom is -0.451 e. The number of H-pyrrole nitrogens is 1. The number of aryl methyl sites for hydroxylation is 2. The Bertz CT molecular complexity index is 838. The monoisotopic (exact) mass is 297 g/mol. The van der Waals surface area contributed by atoms with Crippen molar-refractivity contribution in [3.05, 3.63) is 35.5 Å². The topological polar surface area (TPSA) is 89.7 Å². The second-order valence-corrected chi connectivity index (χ2v) is 5.68. The van der Waals surface area contributed by atoms with E-state index in [1.807, 2.05) is 19.2 Å². The van der Waals surface area contributed by atoms with Crippen LogP contribution in [0.25, 0.3) is 11.0 Å². The van der Waals surface area contributed by atoms with Gasteiger partial charge in [0.05, 0.1) is 11.6 Å². The first kappa shape index (κ1) is 14.3. The third-order valence-electron chi connectivity index (χ3n) is 3.51. The Morgan fingerprint density at radius 2 is 1.95 bits per heavy atom. The predicted octanol–water partition coefficient (Wildman–Crippen LogP) is 3.47. The lowest BCUT2D eigenvalue weighted by atomic mass is 10.0. The lowest BCUT2D eigenvalue weighted by molar-refractivity contribution is 0.475. The first-order chi connectivity index (χ1) is 10.5. The standard InChI is InChI=1S/C16H19N5O/c1-8(2)12-6-19-16-11(5-9(3)20-16)14(12)22-13-7-18-10(4)21-15(13)17/h5-8H,1-4H3,(H,19,20)(H2,17,18,21). The van der Waals surface area contributed by atoms with Gasteiger partial charge in [-0.15, -0.1) is 0 Å². The zero-order chi connectivity index (χ0) is 15.9. The average Bonchev–Trinajstić information content (AvgIpc) is 2.82. The summed E-state index contributed by atoms with van der Waals surface area (Å²) >= 11 is 0. The Morgan fingerprint density at radius 1 is 1.18 bits per heavy atom. The van der Waals surface area contributed by atoms with Crippen molar-refractivity contribution >= 4 is 16.9 Å². The van der Waals surface area contributed by atoms with Gasteiger partial charge in [0.1, 0.15) is 17.2 Å². The number of hydrogen-bond acceptors (Lipinski definition) is 5. The fourth-order valence-corrected chi connectivity index (χ4v) is 2.39. The van der Waals surface area contributed by atoms with Gasteiger partial charge in [-0.05, 0) is 25.8 Å². The van der Waals surface area contributed by atoms with E-state index in [1.165, 1.54) is 0 Å². The van der Waals surface area contributed by atoms with Gasteiger partial charge in [-0.2, -0.15) is 0 Å². The highest BCUT2D eigenvalue weighted by Gasteiger charge is 2.17. The number of fused-ring (bicyclic) bond motifs is 1. The van der Waals surface area contributed by atoms with Crippen LogP contribution in [0, 0.1) is 13.8 Å². The molecule has 114 valence electrons. The number of ether oxygens (including phenoxy) is 1. The van der Waals surface area contributed by atoms with Crippen LogP contribution in [0.3, 0.4) is 0 Å². The summed E-state index contributed by atoms with van der Waals surface area (Å²) in [7, 11) is 0. The average molecular weight is 297 g/mol. The molecule has 3 N–H and O–H groups in total. The van der Waals surface area contributed by atoms with Gasteiger partial charge in [-0.3, -0.25) is 0 Å². The number of nitrogen functional groups attached to an aromatic ring is 1. The molecule has 0 fully saturated rings. The van der Waals surface area contributed by atoms with E-state index >= 15 is 0 Å². The molecular weight excluding hydrogens is 278 g/mol. The molecular formula is C16H19N5O. The second kappa shape index (κ2) is 5.29. The summed E-state index contributed by atoms with van der Waals surface area (Å²) in [4.78, 5) is 16.0. The van der Waals surface area contributed by atoms with Crippen molar-refractivity contribution in [2.45, 2.75) is 33.6 Å². The Labute approximate surface area is 128 Å². The normalized spacial score (nSPS) is 11.3. The molecule has 22 heavy (non-hydrogen) atoms. The van der Waals surface area contributed by atoms with Gasteiger partial charge in [0, 0.05) is 17.5 Å². The minimum absolute atomic E-state index is 0.273. The van der Waals surface area contributed by atoms with Crippen LogP contribution in [0.5, 0.6) is 11.5 Å². The van der Waals surface area contributed by atoms with Gasteiger partial charge >= 0.3 is 0 Å². The molecule has 0 saturated carbocycles. The molecule has 0 unspecified atom stereocenters. The van der Waals surface area contributed by atoms with E-state index in [2.05, 4.69) is 33.8 Å². The summed E-state index contributed by atoms with van der Waals surface area (Å²) in [5.41, 5.74) is 8.79. The van der Waals surface area contributed by atoms with Crippen molar-refractivity contribution in [1.82, 2.24) is 19.9 Å². The van der Waals surface area contributed by atoms with Gasteiger partial charge in [0.15, 0.2) is 11.6 Å². The van der Waals surface area contributed by atoms with E-state index in [4.69, 9.17) is 10.5 Å². The Morgan fingerprint density at radius 3 is 2.64 bits per heavy atom. The van der Waals surface area contributed by atoms with Gasteiger partial charge in [-0.25, -0.2) is 15.0 Å². The van der Waals surface area contributed by atoms with Gasteiger partial charge in [-0.1, -0.05) is 13.8 Å². The van der Waals surface area contributed by atoms with Crippen molar-refractivity contribution in [3.63, 3.8) is 0 Å². The number of rotatable bonds is 3. The molecule has 0 amide bonds. The van der Waals surface area contributed by atoms with Crippen molar-refractivity contribution < 1.29 is 4.74 Å². The quantitative estimate of drug-likeness (QED) is 0.772. The molecule has 3 rings (SSSR count). The van der Waals surface area contributed by atoms with Crippen molar-refractivity contribution in [1.29, 1.82) is 0 Å². The van der Waals surface area contributed by atoms with Crippen LogP contribution in [-0.4, -0.2) is 19.9 Å². The maximum Gasteiger partial charge on any atom is 0.187 e. The Kier molecular flexibility index (Phi) is 3.44. The first-order valence-electron chi connectivity index (χ1n) is 7.21. The maximum atomic E-state index is 6.07. The molecule has 3 heterocycles. The SMILES string of the molecule is Cc1ncc(Oc2c(C(C)C)cnc3[nH]c(C)cc23)c(N)n1. The Balaban J connectivity index is 2.16. The lowest BCUT2D eigenvalue weighted by Gasteiger charge is -2.15. The lowest BCUT2D eigenvalue weighted by Crippen LogP contribution is -2.01. The largest absolute Gasteiger partial charge is 0.451 e. The predicted molar refractivity (Wildman–Crippen MR) is 86.2 cm³/mol. The number of aromatic amines is 1. The minimum atomic E-state index is 0.273. The summed E-state index contributed by atoms with van der Waals surface area (Å²) in [6, 6.07) is 2.02. The number of nitrogens with zero attached hydrogens (tertiary/aromatic N) is 3. The zero-order valence-electron chi connectivity index (χ0n) is 13.1. The fourth-order valence-electron chi connectivity index (χ4n) is 2.39. The number of pyridine rings is 1. The molecule has 3 aromatic rings. The highest BCUT2D eigenvalue weighted by Crippen LogP contribution is 2.37. The van der Waals surface area contributed by atoms with E-state index in [-0.39, 0.29) is 5.92 Å². The summed E-state index contributed by atoms with van der Waals surface area (Å²) in [6.07, 6.45) is 3.44. The summed E-state index contributed by atoms with van der Waals surface area (Å²) in [5.74, 6) is 2.43. The molecule has 0 atom stereocenters. The van der Waals surface area contributed by atoms with Crippen LogP contribution in [0.15, 0.2) is 18.5 Å². The van der Waals surface area contributed by atoms with E-state index in [1.54, 1.807) is 13.1 Å². The smallest absolute Gasteiger partial charge is 0.187 e. The van der Waals surface area contributed by atoms with Gasteiger partial charge in [0.25, 0.3) is 0 Å². The number of nitrogens with two attached hydrogens (primary N) is 1. The van der Waals surface area contributed by atoms with Crippen LogP contribution in [0.2, 0.25) is 0 Å².